The number of hydrogen-bond donors (Lipinski definition) is 2. The number of amides is 1. The van der Waals surface area contributed by atoms with Gasteiger partial charge in [-0.1, -0.05) is 36.8 Å². The van der Waals surface area contributed by atoms with Crippen molar-refractivity contribution < 1.29 is 14.6 Å². The van der Waals surface area contributed by atoms with E-state index in [0.29, 0.717) is 0 Å². The Hall–Kier alpha value is -1.55. The van der Waals surface area contributed by atoms with E-state index in [2.05, 4.69) is 5.32 Å². The molecule has 1 amide bonds. The van der Waals surface area contributed by atoms with Gasteiger partial charge < -0.3 is 15.2 Å². The molecule has 1 aromatic carbocycles. The molecule has 108 valence electrons. The number of aliphatic hydroxyl groups is 1. The molecule has 0 aromatic heterocycles. The predicted molar refractivity (Wildman–Crippen MR) is 75.1 cm³/mol. The van der Waals surface area contributed by atoms with E-state index < -0.39 is 11.6 Å². The van der Waals surface area contributed by atoms with Gasteiger partial charge in [-0.2, -0.15) is 0 Å². The second-order valence-electron chi connectivity index (χ2n) is 6.06. The van der Waals surface area contributed by atoms with Crippen LogP contribution in [-0.2, 0) is 11.3 Å². The number of rotatable bonds is 4. The van der Waals surface area contributed by atoms with Gasteiger partial charge in [0.15, 0.2) is 0 Å². The van der Waals surface area contributed by atoms with E-state index in [9.17, 15) is 9.90 Å². The Morgan fingerprint density at radius 3 is 2.45 bits per heavy atom. The Balaban J connectivity index is 1.56. The number of alkyl carbamates (subject to hydrolysis) is 1. The maximum Gasteiger partial charge on any atom is 0.407 e. The minimum Gasteiger partial charge on any atom is -0.445 e. The lowest BCUT2D eigenvalue weighted by Crippen LogP contribution is -2.71. The van der Waals surface area contributed by atoms with Crippen LogP contribution >= 0.6 is 0 Å². The van der Waals surface area contributed by atoms with Crippen molar-refractivity contribution in [2.24, 2.45) is 5.41 Å². The average Bonchev–Trinajstić information content (AvgIpc) is 2.41. The molecule has 0 saturated heterocycles. The van der Waals surface area contributed by atoms with Crippen LogP contribution in [0.1, 0.15) is 37.7 Å². The molecule has 1 atom stereocenters. The maximum atomic E-state index is 12.0. The molecule has 2 fully saturated rings. The Morgan fingerprint density at radius 2 is 1.95 bits per heavy atom. The fraction of sp³-hybridized carbons (Fsp3) is 0.562. The van der Waals surface area contributed by atoms with Crippen LogP contribution in [-0.4, -0.2) is 23.3 Å². The molecule has 0 bridgehead atoms. The Bertz CT molecular complexity index is 474. The highest BCUT2D eigenvalue weighted by atomic mass is 16.5. The third-order valence-electron chi connectivity index (χ3n) is 5.18. The molecule has 2 saturated carbocycles. The van der Waals surface area contributed by atoms with Crippen LogP contribution < -0.4 is 5.32 Å². The van der Waals surface area contributed by atoms with Crippen LogP contribution in [0.15, 0.2) is 30.3 Å². The first-order valence-corrected chi connectivity index (χ1v) is 7.30. The molecule has 0 heterocycles. The summed E-state index contributed by atoms with van der Waals surface area (Å²) in [5.41, 5.74) is 0.652. The molecule has 4 heteroatoms. The van der Waals surface area contributed by atoms with E-state index in [1.54, 1.807) is 0 Å². The highest BCUT2D eigenvalue weighted by Crippen LogP contribution is 2.61. The minimum atomic E-state index is -0.445. The lowest BCUT2D eigenvalue weighted by molar-refractivity contribution is -0.116. The summed E-state index contributed by atoms with van der Waals surface area (Å²) >= 11 is 0. The summed E-state index contributed by atoms with van der Waals surface area (Å²) in [6, 6.07) is 9.61. The predicted octanol–water partition coefficient (Wildman–Crippen LogP) is 2.61. The van der Waals surface area contributed by atoms with Gasteiger partial charge in [0, 0.05) is 0 Å². The largest absolute Gasteiger partial charge is 0.445 e. The monoisotopic (exact) mass is 275 g/mol. The summed E-state index contributed by atoms with van der Waals surface area (Å²) in [6.07, 6.45) is 4.94. The van der Waals surface area contributed by atoms with E-state index in [-0.39, 0.29) is 18.6 Å². The van der Waals surface area contributed by atoms with Gasteiger partial charge in [-0.15, -0.1) is 0 Å². The van der Waals surface area contributed by atoms with Gasteiger partial charge in [0.2, 0.25) is 0 Å². The number of carbonyl (C=O) groups is 1. The van der Waals surface area contributed by atoms with Crippen molar-refractivity contribution in [3.63, 3.8) is 0 Å². The van der Waals surface area contributed by atoms with Crippen molar-refractivity contribution >= 4 is 6.09 Å². The first-order valence-electron chi connectivity index (χ1n) is 7.30. The van der Waals surface area contributed by atoms with Crippen LogP contribution in [0.5, 0.6) is 0 Å². The second-order valence-corrected chi connectivity index (χ2v) is 6.06. The highest BCUT2D eigenvalue weighted by Gasteiger charge is 2.62. The molecule has 0 radical (unpaired) electrons. The molecule has 1 aromatic rings. The summed E-state index contributed by atoms with van der Waals surface area (Å²) < 4.78 is 5.26. The third-order valence-corrected chi connectivity index (χ3v) is 5.18. The van der Waals surface area contributed by atoms with E-state index in [0.717, 1.165) is 31.2 Å². The van der Waals surface area contributed by atoms with E-state index in [1.165, 1.54) is 6.42 Å². The maximum absolute atomic E-state index is 12.0. The molecule has 20 heavy (non-hydrogen) atoms. The first kappa shape index (κ1) is 13.4. The fourth-order valence-electron chi connectivity index (χ4n) is 3.55. The zero-order chi connectivity index (χ0) is 14.1. The topological polar surface area (TPSA) is 58.6 Å². The van der Waals surface area contributed by atoms with Crippen LogP contribution in [0.25, 0.3) is 0 Å². The summed E-state index contributed by atoms with van der Waals surface area (Å²) in [5.74, 6) is 0. The quantitative estimate of drug-likeness (QED) is 0.888. The minimum absolute atomic E-state index is 0.00738. The molecule has 2 aliphatic carbocycles. The average molecular weight is 275 g/mol. The zero-order valence-corrected chi connectivity index (χ0v) is 11.6. The van der Waals surface area contributed by atoms with Crippen molar-refractivity contribution in [1.29, 1.82) is 0 Å². The SMILES string of the molecule is O=C(NC1(CO)CCC12CCC2)OCc1ccccc1. The molecular formula is C16H21NO3. The summed E-state index contributed by atoms with van der Waals surface area (Å²) in [4.78, 5) is 12.0. The summed E-state index contributed by atoms with van der Waals surface area (Å²) in [5, 5.41) is 12.6. The molecule has 2 aliphatic rings. The van der Waals surface area contributed by atoms with Crippen molar-refractivity contribution in [3.8, 4) is 0 Å². The Morgan fingerprint density at radius 1 is 1.20 bits per heavy atom. The summed E-state index contributed by atoms with van der Waals surface area (Å²) in [7, 11) is 0. The summed E-state index contributed by atoms with van der Waals surface area (Å²) in [6.45, 7) is 0.272. The van der Waals surface area contributed by atoms with E-state index in [4.69, 9.17) is 4.74 Å². The van der Waals surface area contributed by atoms with Crippen molar-refractivity contribution in [3.05, 3.63) is 35.9 Å². The molecule has 1 unspecified atom stereocenters. The van der Waals surface area contributed by atoms with Crippen LogP contribution in [0, 0.1) is 5.41 Å². The van der Waals surface area contributed by atoms with E-state index >= 15 is 0 Å². The molecular weight excluding hydrogens is 254 g/mol. The van der Waals surface area contributed by atoms with Gasteiger partial charge in [0.05, 0.1) is 12.1 Å². The van der Waals surface area contributed by atoms with Crippen LogP contribution in [0.2, 0.25) is 0 Å². The smallest absolute Gasteiger partial charge is 0.407 e. The lowest BCUT2D eigenvalue weighted by Gasteiger charge is -2.63. The number of nitrogens with one attached hydrogen (secondary N) is 1. The van der Waals surface area contributed by atoms with Gasteiger partial charge in [-0.25, -0.2) is 4.79 Å². The van der Waals surface area contributed by atoms with Crippen LogP contribution in [0.3, 0.4) is 0 Å². The second kappa shape index (κ2) is 5.09. The number of benzene rings is 1. The lowest BCUT2D eigenvalue weighted by atomic mass is 9.46. The van der Waals surface area contributed by atoms with Gasteiger partial charge >= 0.3 is 6.09 Å². The van der Waals surface area contributed by atoms with Gasteiger partial charge in [0.1, 0.15) is 6.61 Å². The van der Waals surface area contributed by atoms with E-state index in [1.807, 2.05) is 30.3 Å². The number of aliphatic hydroxyl groups excluding tert-OH is 1. The van der Waals surface area contributed by atoms with Gasteiger partial charge in [-0.3, -0.25) is 0 Å². The third kappa shape index (κ3) is 2.08. The van der Waals surface area contributed by atoms with Gasteiger partial charge in [-0.05, 0) is 36.7 Å². The van der Waals surface area contributed by atoms with Crippen molar-refractivity contribution in [2.75, 3.05) is 6.61 Å². The number of carbonyl (C=O) groups excluding carboxylic acids is 1. The normalized spacial score (nSPS) is 26.4. The Labute approximate surface area is 119 Å². The molecule has 2 N–H and O–H groups in total. The number of hydrogen-bond acceptors (Lipinski definition) is 3. The first-order chi connectivity index (χ1) is 9.70. The van der Waals surface area contributed by atoms with Crippen molar-refractivity contribution in [2.45, 2.75) is 44.2 Å². The van der Waals surface area contributed by atoms with Crippen molar-refractivity contribution in [1.82, 2.24) is 5.32 Å². The highest BCUT2D eigenvalue weighted by molar-refractivity contribution is 5.69. The molecule has 3 rings (SSSR count). The fourth-order valence-corrected chi connectivity index (χ4v) is 3.55. The van der Waals surface area contributed by atoms with Crippen LogP contribution in [0.4, 0.5) is 4.79 Å². The van der Waals surface area contributed by atoms with Gasteiger partial charge in [0.25, 0.3) is 0 Å². The standard InChI is InChI=1S/C16H21NO3/c18-12-16(10-9-15(16)7-4-8-15)17-14(19)20-11-13-5-2-1-3-6-13/h1-3,5-6,18H,4,7-12H2,(H,17,19). The number of ether oxygens (including phenoxy) is 1. The molecule has 4 nitrogen and oxygen atoms in total. The Kier molecular flexibility index (Phi) is 3.42. The zero-order valence-electron chi connectivity index (χ0n) is 11.6. The molecule has 1 spiro atoms. The molecule has 0 aliphatic heterocycles.